The average molecular weight is 367 g/mol. The first-order chi connectivity index (χ1) is 10.5. The second kappa shape index (κ2) is 7.22. The fourth-order valence-electron chi connectivity index (χ4n) is 2.16. The molecule has 1 heterocycles. The minimum absolute atomic E-state index is 0.102. The molecule has 1 aromatic carbocycles. The molecule has 0 aliphatic carbocycles. The van der Waals surface area contributed by atoms with E-state index in [1.807, 2.05) is 18.2 Å². The highest BCUT2D eigenvalue weighted by molar-refractivity contribution is 9.10. The number of nitrogens with zero attached hydrogens (tertiary/aromatic N) is 1. The van der Waals surface area contributed by atoms with Gasteiger partial charge in [0.05, 0.1) is 6.54 Å². The lowest BCUT2D eigenvalue weighted by Gasteiger charge is -2.11. The number of aromatic nitrogens is 2. The van der Waals surface area contributed by atoms with Crippen LogP contribution in [0, 0.1) is 0 Å². The summed E-state index contributed by atoms with van der Waals surface area (Å²) in [4.78, 5) is 35.7. The number of aryl methyl sites for hydroxylation is 1. The summed E-state index contributed by atoms with van der Waals surface area (Å²) in [7, 11) is 0. The topological polar surface area (TPSA) is 92.2 Å². The molecule has 2 aromatic rings. The zero-order valence-corrected chi connectivity index (χ0v) is 13.3. The third kappa shape index (κ3) is 4.42. The molecule has 0 saturated heterocycles. The Hall–Kier alpha value is -2.15. The molecule has 6 nitrogen and oxygen atoms in total. The fraction of sp³-hybridized carbons (Fsp3) is 0.267. The molecule has 0 saturated carbocycles. The molecule has 0 unspecified atom stereocenters. The summed E-state index contributed by atoms with van der Waals surface area (Å²) >= 11 is 3.39. The molecule has 0 amide bonds. The number of carboxylic acid groups (broad SMARTS) is 1. The molecular formula is C15H15BrN2O4. The zero-order valence-electron chi connectivity index (χ0n) is 11.7. The number of aromatic amines is 1. The van der Waals surface area contributed by atoms with Crippen LogP contribution in [0.15, 0.2) is 44.5 Å². The van der Waals surface area contributed by atoms with E-state index < -0.39 is 17.2 Å². The van der Waals surface area contributed by atoms with Crippen molar-refractivity contribution in [3.05, 3.63) is 66.9 Å². The molecule has 7 heteroatoms. The third-order valence-corrected chi connectivity index (χ3v) is 3.74. The van der Waals surface area contributed by atoms with Crippen molar-refractivity contribution >= 4 is 21.9 Å². The summed E-state index contributed by atoms with van der Waals surface area (Å²) in [6.45, 7) is 0.325. The van der Waals surface area contributed by atoms with Gasteiger partial charge in [-0.2, -0.15) is 0 Å². The maximum atomic E-state index is 11.7. The van der Waals surface area contributed by atoms with Gasteiger partial charge in [-0.15, -0.1) is 0 Å². The molecule has 2 N–H and O–H groups in total. The SMILES string of the molecule is O=C(O)CCCc1cc(Br)ccc1Cn1ccc(=O)[nH]c1=O. The molecule has 2 rings (SSSR count). The number of nitrogens with one attached hydrogen (secondary N) is 1. The number of halogens is 1. The van der Waals surface area contributed by atoms with Crippen LogP contribution in [0.1, 0.15) is 24.0 Å². The molecule has 22 heavy (non-hydrogen) atoms. The molecule has 0 aliphatic heterocycles. The first-order valence-electron chi connectivity index (χ1n) is 6.74. The van der Waals surface area contributed by atoms with Gasteiger partial charge in [0.15, 0.2) is 0 Å². The second-order valence-electron chi connectivity index (χ2n) is 4.90. The van der Waals surface area contributed by atoms with Crippen molar-refractivity contribution in [3.8, 4) is 0 Å². The van der Waals surface area contributed by atoms with Crippen LogP contribution in [0.2, 0.25) is 0 Å². The number of rotatable bonds is 6. The molecular weight excluding hydrogens is 352 g/mol. The highest BCUT2D eigenvalue weighted by atomic mass is 79.9. The van der Waals surface area contributed by atoms with E-state index in [0.717, 1.165) is 15.6 Å². The number of carboxylic acids is 1. The van der Waals surface area contributed by atoms with Gasteiger partial charge in [0.25, 0.3) is 5.56 Å². The maximum Gasteiger partial charge on any atom is 0.328 e. The van der Waals surface area contributed by atoms with Gasteiger partial charge in [0.1, 0.15) is 0 Å². The van der Waals surface area contributed by atoms with Gasteiger partial charge >= 0.3 is 11.7 Å². The van der Waals surface area contributed by atoms with Gasteiger partial charge in [-0.1, -0.05) is 22.0 Å². The smallest absolute Gasteiger partial charge is 0.328 e. The fourth-order valence-corrected chi connectivity index (χ4v) is 2.57. The van der Waals surface area contributed by atoms with Crippen molar-refractivity contribution in [2.24, 2.45) is 0 Å². The van der Waals surface area contributed by atoms with Crippen LogP contribution in [0.3, 0.4) is 0 Å². The monoisotopic (exact) mass is 366 g/mol. The predicted molar refractivity (Wildman–Crippen MR) is 85.1 cm³/mol. The number of hydrogen-bond acceptors (Lipinski definition) is 3. The minimum Gasteiger partial charge on any atom is -0.481 e. The van der Waals surface area contributed by atoms with Crippen LogP contribution in [-0.2, 0) is 17.8 Å². The van der Waals surface area contributed by atoms with Crippen LogP contribution in [0.5, 0.6) is 0 Å². The Morgan fingerprint density at radius 3 is 2.68 bits per heavy atom. The Morgan fingerprint density at radius 1 is 1.23 bits per heavy atom. The largest absolute Gasteiger partial charge is 0.481 e. The Labute approximate surface area is 134 Å². The summed E-state index contributed by atoms with van der Waals surface area (Å²) < 4.78 is 2.31. The Morgan fingerprint density at radius 2 is 2.00 bits per heavy atom. The second-order valence-corrected chi connectivity index (χ2v) is 5.81. The van der Waals surface area contributed by atoms with Crippen molar-refractivity contribution in [3.63, 3.8) is 0 Å². The van der Waals surface area contributed by atoms with Crippen LogP contribution in [0.4, 0.5) is 0 Å². The normalized spacial score (nSPS) is 10.6. The molecule has 0 radical (unpaired) electrons. The first kappa shape index (κ1) is 16.2. The van der Waals surface area contributed by atoms with Gasteiger partial charge < -0.3 is 5.11 Å². The summed E-state index contributed by atoms with van der Waals surface area (Å²) in [6, 6.07) is 6.97. The summed E-state index contributed by atoms with van der Waals surface area (Å²) in [6.07, 6.45) is 2.69. The molecule has 1 aromatic heterocycles. The van der Waals surface area contributed by atoms with Gasteiger partial charge in [0, 0.05) is 23.2 Å². The van der Waals surface area contributed by atoms with Crippen molar-refractivity contribution in [1.82, 2.24) is 9.55 Å². The van der Waals surface area contributed by atoms with Gasteiger partial charge in [-0.3, -0.25) is 19.1 Å². The van der Waals surface area contributed by atoms with Crippen molar-refractivity contribution in [1.29, 1.82) is 0 Å². The van der Waals surface area contributed by atoms with E-state index in [9.17, 15) is 14.4 Å². The number of aliphatic carboxylic acids is 1. The van der Waals surface area contributed by atoms with E-state index >= 15 is 0 Å². The maximum absolute atomic E-state index is 11.7. The number of carbonyl (C=O) groups is 1. The number of benzene rings is 1. The van der Waals surface area contributed by atoms with Crippen LogP contribution in [0.25, 0.3) is 0 Å². The first-order valence-corrected chi connectivity index (χ1v) is 7.54. The van der Waals surface area contributed by atoms with Crippen molar-refractivity contribution in [2.45, 2.75) is 25.8 Å². The quantitative estimate of drug-likeness (QED) is 0.814. The summed E-state index contributed by atoms with van der Waals surface area (Å²) in [5.74, 6) is -0.826. The lowest BCUT2D eigenvalue weighted by atomic mass is 10.0. The molecule has 0 bridgehead atoms. The van der Waals surface area contributed by atoms with Gasteiger partial charge in [-0.05, 0) is 36.1 Å². The summed E-state index contributed by atoms with van der Waals surface area (Å²) in [5.41, 5.74) is 1.00. The highest BCUT2D eigenvalue weighted by Crippen LogP contribution is 2.19. The van der Waals surface area contributed by atoms with Crippen LogP contribution in [-0.4, -0.2) is 20.6 Å². The van der Waals surface area contributed by atoms with E-state index in [2.05, 4.69) is 20.9 Å². The number of H-pyrrole nitrogens is 1. The standard InChI is InChI=1S/C15H15BrN2O4/c16-12-5-4-11(10(8-12)2-1-3-14(20)21)9-18-7-6-13(19)17-15(18)22/h4-8H,1-3,9H2,(H,20,21)(H,17,19,22). The Kier molecular flexibility index (Phi) is 5.32. The minimum atomic E-state index is -0.826. The van der Waals surface area contributed by atoms with E-state index in [0.29, 0.717) is 19.4 Å². The van der Waals surface area contributed by atoms with E-state index in [-0.39, 0.29) is 6.42 Å². The molecule has 0 spiro atoms. The molecule has 0 fully saturated rings. The van der Waals surface area contributed by atoms with E-state index in [1.54, 1.807) is 0 Å². The van der Waals surface area contributed by atoms with Gasteiger partial charge in [-0.25, -0.2) is 4.79 Å². The predicted octanol–water partition coefficient (Wildman–Crippen LogP) is 1.75. The van der Waals surface area contributed by atoms with Crippen molar-refractivity contribution in [2.75, 3.05) is 0 Å². The lowest BCUT2D eigenvalue weighted by molar-refractivity contribution is -0.137. The lowest BCUT2D eigenvalue weighted by Crippen LogP contribution is -2.29. The third-order valence-electron chi connectivity index (χ3n) is 3.24. The summed E-state index contributed by atoms with van der Waals surface area (Å²) in [5, 5.41) is 8.72. The molecule has 116 valence electrons. The van der Waals surface area contributed by atoms with Crippen LogP contribution >= 0.6 is 15.9 Å². The Balaban J connectivity index is 2.24. The average Bonchev–Trinajstić information content (AvgIpc) is 2.44. The zero-order chi connectivity index (χ0) is 16.1. The molecule has 0 atom stereocenters. The number of hydrogen-bond donors (Lipinski definition) is 2. The van der Waals surface area contributed by atoms with E-state index in [4.69, 9.17) is 5.11 Å². The Bertz CT molecular complexity index is 795. The van der Waals surface area contributed by atoms with Crippen LogP contribution < -0.4 is 11.2 Å². The molecule has 0 aliphatic rings. The van der Waals surface area contributed by atoms with Crippen molar-refractivity contribution < 1.29 is 9.90 Å². The van der Waals surface area contributed by atoms with Gasteiger partial charge in [0.2, 0.25) is 0 Å². The van der Waals surface area contributed by atoms with E-state index in [1.165, 1.54) is 16.8 Å². The highest BCUT2D eigenvalue weighted by Gasteiger charge is 2.07.